The first kappa shape index (κ1) is 6.53. The van der Waals surface area contributed by atoms with Crippen molar-refractivity contribution in [1.82, 2.24) is 5.32 Å². The minimum absolute atomic E-state index is 0.292. The predicted molar refractivity (Wildman–Crippen MR) is 34.0 cm³/mol. The summed E-state index contributed by atoms with van der Waals surface area (Å²) >= 11 is 0. The molecule has 0 aromatic rings. The van der Waals surface area contributed by atoms with Gasteiger partial charge in [-0.2, -0.15) is 0 Å². The van der Waals surface area contributed by atoms with Crippen molar-refractivity contribution >= 4 is 0 Å². The molecule has 0 aromatic carbocycles. The van der Waals surface area contributed by atoms with Gasteiger partial charge in [0.1, 0.15) is 0 Å². The Bertz CT molecular complexity index is 138. The second-order valence-electron chi connectivity index (χ2n) is 3.27. The summed E-state index contributed by atoms with van der Waals surface area (Å²) in [5.74, 6) is 0.860. The maximum absolute atomic E-state index is 12.1. The maximum atomic E-state index is 12.1. The fraction of sp³-hybridized carbons (Fsp3) is 1.00. The van der Waals surface area contributed by atoms with Gasteiger partial charge in [-0.1, -0.05) is 0 Å². The molecule has 1 N–H and O–H groups in total. The van der Waals surface area contributed by atoms with Gasteiger partial charge in [-0.25, -0.2) is 8.78 Å². The molecule has 1 aliphatic carbocycles. The fourth-order valence-corrected chi connectivity index (χ4v) is 2.04. The molecule has 2 aliphatic rings. The highest BCUT2D eigenvalue weighted by molar-refractivity contribution is 4.97. The smallest absolute Gasteiger partial charge is 0.253 e. The SMILES string of the molecule is FC(F)C1NCC2CCC21. The summed E-state index contributed by atoms with van der Waals surface area (Å²) in [5, 5.41) is 2.87. The van der Waals surface area contributed by atoms with E-state index in [-0.39, 0.29) is 0 Å². The fourth-order valence-electron chi connectivity index (χ4n) is 2.04. The Morgan fingerprint density at radius 3 is 2.40 bits per heavy atom. The van der Waals surface area contributed by atoms with E-state index in [4.69, 9.17) is 0 Å². The van der Waals surface area contributed by atoms with Crippen LogP contribution in [0.25, 0.3) is 0 Å². The van der Waals surface area contributed by atoms with Crippen molar-refractivity contribution in [3.8, 4) is 0 Å². The van der Waals surface area contributed by atoms with Crippen molar-refractivity contribution in [1.29, 1.82) is 0 Å². The Hall–Kier alpha value is -0.180. The summed E-state index contributed by atoms with van der Waals surface area (Å²) in [7, 11) is 0. The van der Waals surface area contributed by atoms with Crippen LogP contribution in [0.3, 0.4) is 0 Å². The van der Waals surface area contributed by atoms with Crippen molar-refractivity contribution in [2.24, 2.45) is 11.8 Å². The van der Waals surface area contributed by atoms with Crippen molar-refractivity contribution in [3.63, 3.8) is 0 Å². The highest BCUT2D eigenvalue weighted by Crippen LogP contribution is 2.41. The van der Waals surface area contributed by atoms with Gasteiger partial charge in [0.15, 0.2) is 0 Å². The van der Waals surface area contributed by atoms with Crippen LogP contribution in [0.1, 0.15) is 12.8 Å². The molecule has 10 heavy (non-hydrogen) atoms. The highest BCUT2D eigenvalue weighted by atomic mass is 19.3. The van der Waals surface area contributed by atoms with Crippen LogP contribution < -0.4 is 5.32 Å². The summed E-state index contributed by atoms with van der Waals surface area (Å²) in [6, 6.07) is -0.487. The standard InChI is InChI=1S/C7H11F2N/c8-7(9)6-5-2-1-4(5)3-10-6/h4-7,10H,1-3H2. The lowest BCUT2D eigenvalue weighted by Gasteiger charge is -2.32. The largest absolute Gasteiger partial charge is 0.308 e. The number of halogens is 2. The van der Waals surface area contributed by atoms with Crippen LogP contribution in [0.5, 0.6) is 0 Å². The van der Waals surface area contributed by atoms with E-state index in [1.165, 1.54) is 0 Å². The summed E-state index contributed by atoms with van der Waals surface area (Å²) < 4.78 is 24.3. The predicted octanol–water partition coefficient (Wildman–Crippen LogP) is 1.25. The van der Waals surface area contributed by atoms with Crippen molar-refractivity contribution in [3.05, 3.63) is 0 Å². The lowest BCUT2D eigenvalue weighted by Crippen LogP contribution is -2.37. The maximum Gasteiger partial charge on any atom is 0.253 e. The second kappa shape index (κ2) is 2.16. The van der Waals surface area contributed by atoms with Crippen molar-refractivity contribution in [2.45, 2.75) is 25.3 Å². The van der Waals surface area contributed by atoms with Crippen LogP contribution in [-0.2, 0) is 0 Å². The van der Waals surface area contributed by atoms with Crippen molar-refractivity contribution < 1.29 is 8.78 Å². The topological polar surface area (TPSA) is 12.0 Å². The molecule has 3 unspecified atom stereocenters. The van der Waals surface area contributed by atoms with Crippen LogP contribution in [0.15, 0.2) is 0 Å². The lowest BCUT2D eigenvalue weighted by atomic mass is 9.73. The lowest BCUT2D eigenvalue weighted by molar-refractivity contribution is 0.0589. The van der Waals surface area contributed by atoms with E-state index in [1.54, 1.807) is 0 Å². The highest BCUT2D eigenvalue weighted by Gasteiger charge is 2.45. The minimum Gasteiger partial charge on any atom is -0.308 e. The number of alkyl halides is 2. The molecule has 0 amide bonds. The van der Waals surface area contributed by atoms with E-state index in [2.05, 4.69) is 5.32 Å². The molecule has 3 heteroatoms. The third-order valence-electron chi connectivity index (χ3n) is 2.82. The number of nitrogens with one attached hydrogen (secondary N) is 1. The number of hydrogen-bond donors (Lipinski definition) is 1. The van der Waals surface area contributed by atoms with Crippen LogP contribution in [-0.4, -0.2) is 19.0 Å². The molecule has 2 rings (SSSR count). The van der Waals surface area contributed by atoms with Gasteiger partial charge < -0.3 is 5.32 Å². The second-order valence-corrected chi connectivity index (χ2v) is 3.27. The van der Waals surface area contributed by atoms with Gasteiger partial charge >= 0.3 is 0 Å². The molecular weight excluding hydrogens is 136 g/mol. The number of hydrogen-bond acceptors (Lipinski definition) is 1. The average Bonchev–Trinajstić information content (AvgIpc) is 2.07. The molecule has 3 atom stereocenters. The Kier molecular flexibility index (Phi) is 1.41. The summed E-state index contributed by atoms with van der Waals surface area (Å²) in [6.45, 7) is 0.819. The van der Waals surface area contributed by atoms with Gasteiger partial charge in [0.25, 0.3) is 6.43 Å². The molecule has 0 bridgehead atoms. The normalized spacial score (nSPS) is 45.3. The molecule has 1 heterocycles. The molecular formula is C7H11F2N. The molecule has 58 valence electrons. The Labute approximate surface area is 58.8 Å². The van der Waals surface area contributed by atoms with Crippen LogP contribution >= 0.6 is 0 Å². The van der Waals surface area contributed by atoms with E-state index in [9.17, 15) is 8.78 Å². The van der Waals surface area contributed by atoms with Crippen LogP contribution in [0.4, 0.5) is 8.78 Å². The monoisotopic (exact) mass is 147 g/mol. The first-order chi connectivity index (χ1) is 4.79. The zero-order valence-electron chi connectivity index (χ0n) is 5.69. The van der Waals surface area contributed by atoms with Gasteiger partial charge in [-0.05, 0) is 31.2 Å². The Morgan fingerprint density at radius 2 is 2.10 bits per heavy atom. The van der Waals surface area contributed by atoms with Gasteiger partial charge in [0.2, 0.25) is 0 Å². The van der Waals surface area contributed by atoms with E-state index in [1.807, 2.05) is 0 Å². The number of rotatable bonds is 1. The van der Waals surface area contributed by atoms with Crippen molar-refractivity contribution in [2.75, 3.05) is 6.54 Å². The molecule has 0 spiro atoms. The van der Waals surface area contributed by atoms with Gasteiger partial charge in [-0.15, -0.1) is 0 Å². The van der Waals surface area contributed by atoms with E-state index in [0.29, 0.717) is 11.8 Å². The molecule has 0 radical (unpaired) electrons. The number of fused-ring (bicyclic) bond motifs is 1. The van der Waals surface area contributed by atoms with Gasteiger partial charge in [0.05, 0.1) is 6.04 Å². The minimum atomic E-state index is -2.16. The average molecular weight is 147 g/mol. The molecule has 1 saturated carbocycles. The molecule has 1 nitrogen and oxygen atoms in total. The summed E-state index contributed by atoms with van der Waals surface area (Å²) in [5.41, 5.74) is 0. The Morgan fingerprint density at radius 1 is 1.30 bits per heavy atom. The Balaban J connectivity index is 1.99. The zero-order chi connectivity index (χ0) is 7.14. The van der Waals surface area contributed by atoms with Gasteiger partial charge in [-0.3, -0.25) is 0 Å². The molecule has 0 aromatic heterocycles. The zero-order valence-corrected chi connectivity index (χ0v) is 5.69. The van der Waals surface area contributed by atoms with Crippen LogP contribution in [0.2, 0.25) is 0 Å². The molecule has 1 aliphatic heterocycles. The first-order valence-electron chi connectivity index (χ1n) is 3.80. The first-order valence-corrected chi connectivity index (χ1v) is 3.80. The van der Waals surface area contributed by atoms with E-state index >= 15 is 0 Å². The third kappa shape index (κ3) is 0.764. The van der Waals surface area contributed by atoms with E-state index < -0.39 is 12.5 Å². The van der Waals surface area contributed by atoms with E-state index in [0.717, 1.165) is 19.4 Å². The summed E-state index contributed by atoms with van der Waals surface area (Å²) in [4.78, 5) is 0. The summed E-state index contributed by atoms with van der Waals surface area (Å²) in [6.07, 6.45) is 0.00315. The van der Waals surface area contributed by atoms with Gasteiger partial charge in [0, 0.05) is 0 Å². The van der Waals surface area contributed by atoms with Crippen LogP contribution in [0, 0.1) is 11.8 Å². The quantitative estimate of drug-likeness (QED) is 0.588. The molecule has 1 saturated heterocycles. The molecule has 2 fully saturated rings. The third-order valence-corrected chi connectivity index (χ3v) is 2.82.